The largest absolute Gasteiger partial charge is 0.463 e. The molecule has 1 fully saturated rings. The van der Waals surface area contributed by atoms with Gasteiger partial charge in [0.1, 0.15) is 18.8 Å². The second kappa shape index (κ2) is 6.35. The number of carbonyl (C=O) groups excluding carboxylic acids is 1. The summed E-state index contributed by atoms with van der Waals surface area (Å²) in [6.07, 6.45) is -0.675. The van der Waals surface area contributed by atoms with Crippen molar-refractivity contribution in [3.05, 3.63) is 35.9 Å². The highest BCUT2D eigenvalue weighted by Gasteiger charge is 2.41. The van der Waals surface area contributed by atoms with Crippen LogP contribution in [0, 0.1) is 0 Å². The number of hydrogen-bond acceptors (Lipinski definition) is 5. The van der Waals surface area contributed by atoms with Crippen molar-refractivity contribution in [3.8, 4) is 0 Å². The van der Waals surface area contributed by atoms with Crippen LogP contribution in [0.5, 0.6) is 0 Å². The van der Waals surface area contributed by atoms with Gasteiger partial charge in [-0.3, -0.25) is 4.79 Å². The van der Waals surface area contributed by atoms with Gasteiger partial charge in [-0.15, -0.1) is 0 Å². The molecule has 0 saturated carbocycles. The average Bonchev–Trinajstić information content (AvgIpc) is 2.72. The molecular weight excluding hydrogens is 260 g/mol. The van der Waals surface area contributed by atoms with Crippen molar-refractivity contribution in [1.82, 2.24) is 0 Å². The molecule has 0 aromatic heterocycles. The highest BCUT2D eigenvalue weighted by Crippen LogP contribution is 2.28. The summed E-state index contributed by atoms with van der Waals surface area (Å²) in [7, 11) is 0. The fourth-order valence-corrected chi connectivity index (χ4v) is 2.19. The Morgan fingerprint density at radius 2 is 1.90 bits per heavy atom. The van der Waals surface area contributed by atoms with Crippen molar-refractivity contribution < 1.29 is 24.1 Å². The first-order valence-corrected chi connectivity index (χ1v) is 6.66. The summed E-state index contributed by atoms with van der Waals surface area (Å²) >= 11 is 0. The lowest BCUT2D eigenvalue weighted by molar-refractivity contribution is -0.160. The van der Waals surface area contributed by atoms with Crippen LogP contribution >= 0.6 is 0 Å². The van der Waals surface area contributed by atoms with Gasteiger partial charge in [-0.25, -0.2) is 0 Å². The maximum atomic E-state index is 11.7. The molecule has 0 aliphatic carbocycles. The van der Waals surface area contributed by atoms with Gasteiger partial charge in [0, 0.05) is 0 Å². The van der Waals surface area contributed by atoms with E-state index in [0.717, 1.165) is 5.56 Å². The summed E-state index contributed by atoms with van der Waals surface area (Å²) in [5.41, 5.74) is 0.903. The Morgan fingerprint density at radius 3 is 2.55 bits per heavy atom. The minimum Gasteiger partial charge on any atom is -0.463 e. The highest BCUT2D eigenvalue weighted by atomic mass is 16.8. The molecule has 2 unspecified atom stereocenters. The van der Waals surface area contributed by atoms with E-state index in [2.05, 4.69) is 0 Å². The third-order valence-corrected chi connectivity index (χ3v) is 3.06. The quantitative estimate of drug-likeness (QED) is 0.823. The summed E-state index contributed by atoms with van der Waals surface area (Å²) in [6.45, 7) is 3.45. The van der Waals surface area contributed by atoms with Crippen molar-refractivity contribution in [2.45, 2.75) is 38.3 Å². The van der Waals surface area contributed by atoms with Crippen LogP contribution in [0.4, 0.5) is 0 Å². The van der Waals surface area contributed by atoms with Gasteiger partial charge < -0.3 is 19.3 Å². The van der Waals surface area contributed by atoms with E-state index in [1.165, 1.54) is 0 Å². The second-order valence-corrected chi connectivity index (χ2v) is 5.24. The Hall–Kier alpha value is -1.43. The second-order valence-electron chi connectivity index (χ2n) is 5.24. The summed E-state index contributed by atoms with van der Waals surface area (Å²) < 4.78 is 16.3. The lowest BCUT2D eigenvalue weighted by Crippen LogP contribution is -2.31. The van der Waals surface area contributed by atoms with Gasteiger partial charge in [-0.1, -0.05) is 30.3 Å². The molecule has 1 saturated heterocycles. The minimum absolute atomic E-state index is 0.0837. The average molecular weight is 280 g/mol. The Kier molecular flexibility index (Phi) is 4.75. The van der Waals surface area contributed by atoms with Crippen molar-refractivity contribution >= 4 is 5.97 Å². The topological polar surface area (TPSA) is 65.0 Å². The number of esters is 1. The molecule has 1 aliphatic heterocycles. The number of rotatable bonds is 5. The third-order valence-electron chi connectivity index (χ3n) is 3.06. The first-order chi connectivity index (χ1) is 9.50. The molecule has 1 aliphatic rings. The van der Waals surface area contributed by atoms with Crippen LogP contribution in [0.25, 0.3) is 0 Å². The zero-order valence-electron chi connectivity index (χ0n) is 11.7. The van der Waals surface area contributed by atoms with E-state index in [0.29, 0.717) is 0 Å². The lowest BCUT2D eigenvalue weighted by Gasteiger charge is -2.16. The maximum absolute atomic E-state index is 11.7. The van der Waals surface area contributed by atoms with E-state index >= 15 is 0 Å². The molecule has 0 bridgehead atoms. The standard InChI is InChI=1S/C15H20O5/c1-15(2)19-12(9-16)13(20-15)10-18-14(17)8-11-6-4-3-5-7-11/h3-7,12-13,16H,8-10H2,1-2H3. The molecule has 0 spiro atoms. The highest BCUT2D eigenvalue weighted by molar-refractivity contribution is 5.72. The van der Waals surface area contributed by atoms with E-state index in [1.807, 2.05) is 30.3 Å². The van der Waals surface area contributed by atoms with Gasteiger partial charge in [0.25, 0.3) is 0 Å². The first kappa shape index (κ1) is 15.0. The van der Waals surface area contributed by atoms with Crippen molar-refractivity contribution in [2.75, 3.05) is 13.2 Å². The van der Waals surface area contributed by atoms with Gasteiger partial charge in [0.15, 0.2) is 5.79 Å². The molecule has 20 heavy (non-hydrogen) atoms. The fourth-order valence-electron chi connectivity index (χ4n) is 2.19. The maximum Gasteiger partial charge on any atom is 0.310 e. The van der Waals surface area contributed by atoms with Crippen LogP contribution < -0.4 is 0 Å². The summed E-state index contributed by atoms with van der Waals surface area (Å²) in [5.74, 6) is -1.08. The Bertz CT molecular complexity index is 443. The smallest absolute Gasteiger partial charge is 0.310 e. The molecule has 2 atom stereocenters. The Balaban J connectivity index is 1.81. The summed E-state index contributed by atoms with van der Waals surface area (Å²) in [5, 5.41) is 9.22. The van der Waals surface area contributed by atoms with Gasteiger partial charge in [0.2, 0.25) is 0 Å². The number of aliphatic hydroxyl groups excluding tert-OH is 1. The number of ether oxygens (including phenoxy) is 3. The van der Waals surface area contributed by atoms with Crippen molar-refractivity contribution in [1.29, 1.82) is 0 Å². The van der Waals surface area contributed by atoms with E-state index in [9.17, 15) is 9.90 Å². The van der Waals surface area contributed by atoms with Crippen LogP contribution in [-0.4, -0.2) is 42.3 Å². The van der Waals surface area contributed by atoms with E-state index in [4.69, 9.17) is 14.2 Å². The zero-order chi connectivity index (χ0) is 14.6. The van der Waals surface area contributed by atoms with Crippen LogP contribution in [0.15, 0.2) is 30.3 Å². The van der Waals surface area contributed by atoms with E-state index in [-0.39, 0.29) is 25.6 Å². The number of hydrogen-bond donors (Lipinski definition) is 1. The van der Waals surface area contributed by atoms with Gasteiger partial charge >= 0.3 is 5.97 Å². The van der Waals surface area contributed by atoms with E-state index < -0.39 is 18.0 Å². The molecule has 1 N–H and O–H groups in total. The molecular formula is C15H20O5. The normalized spacial score (nSPS) is 24.6. The zero-order valence-corrected chi connectivity index (χ0v) is 11.7. The molecule has 1 aromatic rings. The summed E-state index contributed by atoms with van der Waals surface area (Å²) in [6, 6.07) is 9.39. The van der Waals surface area contributed by atoms with Gasteiger partial charge in [-0.2, -0.15) is 0 Å². The van der Waals surface area contributed by atoms with Gasteiger partial charge in [0.05, 0.1) is 13.0 Å². The van der Waals surface area contributed by atoms with Crippen LogP contribution in [0.1, 0.15) is 19.4 Å². The van der Waals surface area contributed by atoms with Gasteiger partial charge in [-0.05, 0) is 19.4 Å². The monoisotopic (exact) mass is 280 g/mol. The van der Waals surface area contributed by atoms with Crippen LogP contribution in [-0.2, 0) is 25.4 Å². The molecule has 0 radical (unpaired) electrons. The molecule has 1 heterocycles. The van der Waals surface area contributed by atoms with E-state index in [1.54, 1.807) is 13.8 Å². The number of carbonyl (C=O) groups is 1. The lowest BCUT2D eigenvalue weighted by atomic mass is 10.1. The van der Waals surface area contributed by atoms with Crippen molar-refractivity contribution in [3.63, 3.8) is 0 Å². The molecule has 5 heteroatoms. The third kappa shape index (κ3) is 4.03. The Morgan fingerprint density at radius 1 is 1.25 bits per heavy atom. The fraction of sp³-hybridized carbons (Fsp3) is 0.533. The molecule has 0 amide bonds. The molecule has 2 rings (SSSR count). The van der Waals surface area contributed by atoms with Crippen molar-refractivity contribution in [2.24, 2.45) is 0 Å². The van der Waals surface area contributed by atoms with Crippen LogP contribution in [0.3, 0.4) is 0 Å². The molecule has 1 aromatic carbocycles. The number of benzene rings is 1. The number of aliphatic hydroxyl groups is 1. The first-order valence-electron chi connectivity index (χ1n) is 6.66. The SMILES string of the molecule is CC1(C)OC(CO)C(COC(=O)Cc2ccccc2)O1. The minimum atomic E-state index is -0.760. The predicted molar refractivity (Wildman–Crippen MR) is 72.0 cm³/mol. The summed E-state index contributed by atoms with van der Waals surface area (Å²) in [4.78, 5) is 11.7. The molecule has 110 valence electrons. The molecule has 5 nitrogen and oxygen atoms in total. The Labute approximate surface area is 118 Å². The predicted octanol–water partition coefficient (Wildman–Crippen LogP) is 1.28. The van der Waals surface area contributed by atoms with Crippen LogP contribution in [0.2, 0.25) is 0 Å².